The first-order chi connectivity index (χ1) is 15.4. The van der Waals surface area contributed by atoms with Gasteiger partial charge in [-0.05, 0) is 33.6 Å². The van der Waals surface area contributed by atoms with Crippen LogP contribution < -0.4 is 9.47 Å². The van der Waals surface area contributed by atoms with Gasteiger partial charge in [0.05, 0.1) is 47.6 Å². The minimum atomic E-state index is -0.947. The summed E-state index contributed by atoms with van der Waals surface area (Å²) in [5.41, 5.74) is 2.45. The van der Waals surface area contributed by atoms with E-state index in [1.165, 1.54) is 14.2 Å². The Hall–Kier alpha value is -3.47. The number of rotatable bonds is 5. The van der Waals surface area contributed by atoms with Gasteiger partial charge in [0.2, 0.25) is 0 Å². The first kappa shape index (κ1) is 21.8. The van der Waals surface area contributed by atoms with Gasteiger partial charge in [-0.25, -0.2) is 0 Å². The third-order valence-corrected chi connectivity index (χ3v) is 6.38. The molecular weight excluding hydrogens is 474 g/mol. The summed E-state index contributed by atoms with van der Waals surface area (Å²) >= 11 is 3.50. The molecule has 1 N–H and O–H groups in total. The Morgan fingerprint density at radius 1 is 0.938 bits per heavy atom. The van der Waals surface area contributed by atoms with E-state index in [9.17, 15) is 14.7 Å². The number of hydrogen-bond acceptors (Lipinski definition) is 6. The zero-order valence-electron chi connectivity index (χ0n) is 17.3. The van der Waals surface area contributed by atoms with Gasteiger partial charge in [0, 0.05) is 23.1 Å². The lowest BCUT2D eigenvalue weighted by Gasteiger charge is -2.26. The second-order valence-corrected chi connectivity index (χ2v) is 8.06. The molecule has 1 aliphatic rings. The molecule has 0 fully saturated rings. The molecule has 0 heterocycles. The minimum absolute atomic E-state index is 0.0857. The molecule has 0 spiro atoms. The quantitative estimate of drug-likeness (QED) is 0.444. The summed E-state index contributed by atoms with van der Waals surface area (Å²) in [4.78, 5) is 26.7. The van der Waals surface area contributed by atoms with Gasteiger partial charge in [0.15, 0.2) is 11.6 Å². The second kappa shape index (κ2) is 8.58. The van der Waals surface area contributed by atoms with Crippen molar-refractivity contribution in [2.24, 2.45) is 0 Å². The van der Waals surface area contributed by atoms with Crippen LogP contribution in [-0.2, 0) is 6.42 Å². The molecule has 160 valence electrons. The van der Waals surface area contributed by atoms with E-state index >= 15 is 0 Å². The molecule has 3 aromatic carbocycles. The Labute approximate surface area is 193 Å². The Morgan fingerprint density at radius 3 is 1.97 bits per heavy atom. The Balaban J connectivity index is 1.89. The molecule has 0 aliphatic heterocycles. The van der Waals surface area contributed by atoms with Crippen molar-refractivity contribution in [2.75, 3.05) is 14.2 Å². The summed E-state index contributed by atoms with van der Waals surface area (Å²) in [7, 11) is 2.84. The molecular formula is C25H18BrNO5. The molecule has 3 aromatic rings. The Bertz CT molecular complexity index is 1290. The van der Waals surface area contributed by atoms with Gasteiger partial charge in [0.25, 0.3) is 0 Å². The number of halogens is 1. The van der Waals surface area contributed by atoms with Crippen LogP contribution in [-0.4, -0.2) is 30.9 Å². The van der Waals surface area contributed by atoms with Crippen LogP contribution in [0.1, 0.15) is 54.6 Å². The van der Waals surface area contributed by atoms with Crippen molar-refractivity contribution in [3.63, 3.8) is 0 Å². The van der Waals surface area contributed by atoms with Gasteiger partial charge in [-0.3, -0.25) is 9.59 Å². The maximum atomic E-state index is 13.4. The van der Waals surface area contributed by atoms with Crippen LogP contribution in [0.25, 0.3) is 0 Å². The first-order valence-corrected chi connectivity index (χ1v) is 10.5. The predicted octanol–water partition coefficient (Wildman–Crippen LogP) is 4.39. The van der Waals surface area contributed by atoms with Crippen LogP contribution in [0.2, 0.25) is 0 Å². The van der Waals surface area contributed by atoms with E-state index in [1.54, 1.807) is 48.5 Å². The number of methoxy groups -OCH3 is 2. The van der Waals surface area contributed by atoms with Crippen LogP contribution >= 0.6 is 15.9 Å². The molecule has 7 heteroatoms. The van der Waals surface area contributed by atoms with E-state index in [2.05, 4.69) is 15.9 Å². The van der Waals surface area contributed by atoms with Crippen molar-refractivity contribution in [3.05, 3.63) is 91.9 Å². The monoisotopic (exact) mass is 491 g/mol. The third kappa shape index (κ3) is 3.38. The van der Waals surface area contributed by atoms with Crippen LogP contribution in [0.5, 0.6) is 11.5 Å². The van der Waals surface area contributed by atoms with Gasteiger partial charge in [0.1, 0.15) is 11.5 Å². The number of fused-ring (bicyclic) bond motifs is 2. The van der Waals surface area contributed by atoms with Crippen LogP contribution in [0.15, 0.2) is 53.0 Å². The number of ether oxygens (including phenoxy) is 2. The van der Waals surface area contributed by atoms with Gasteiger partial charge < -0.3 is 14.6 Å². The molecule has 32 heavy (non-hydrogen) atoms. The highest BCUT2D eigenvalue weighted by molar-refractivity contribution is 9.10. The van der Waals surface area contributed by atoms with Gasteiger partial charge >= 0.3 is 0 Å². The van der Waals surface area contributed by atoms with Crippen molar-refractivity contribution in [2.45, 2.75) is 12.5 Å². The van der Waals surface area contributed by atoms with Crippen molar-refractivity contribution >= 4 is 27.5 Å². The van der Waals surface area contributed by atoms with Crippen molar-refractivity contribution in [3.8, 4) is 17.6 Å². The molecule has 0 saturated heterocycles. The van der Waals surface area contributed by atoms with Crippen LogP contribution in [0.4, 0.5) is 0 Å². The lowest BCUT2D eigenvalue weighted by molar-refractivity contribution is 0.0973. The molecule has 1 atom stereocenters. The number of aliphatic hydroxyl groups is 1. The smallest absolute Gasteiger partial charge is 0.198 e. The number of ketones is 2. The van der Waals surface area contributed by atoms with E-state index in [0.29, 0.717) is 32.3 Å². The lowest BCUT2D eigenvalue weighted by Crippen LogP contribution is -2.24. The number of hydrogen-bond donors (Lipinski definition) is 1. The molecule has 0 amide bonds. The van der Waals surface area contributed by atoms with E-state index in [4.69, 9.17) is 14.7 Å². The molecule has 1 unspecified atom stereocenters. The minimum Gasteiger partial charge on any atom is -0.496 e. The average molecular weight is 492 g/mol. The number of nitriles is 1. The van der Waals surface area contributed by atoms with Gasteiger partial charge in [-0.15, -0.1) is 0 Å². The fraction of sp³-hybridized carbons (Fsp3) is 0.160. The molecule has 0 saturated carbocycles. The zero-order valence-corrected chi connectivity index (χ0v) is 18.9. The SMILES string of the molecule is COc1c(Br)c(CC(O)c2ccc(C#N)cc2)c(OC)c2c1C(=O)c1ccccc1C2=O. The van der Waals surface area contributed by atoms with Gasteiger partial charge in [-0.1, -0.05) is 36.4 Å². The number of nitrogens with zero attached hydrogens (tertiary/aromatic N) is 1. The second-order valence-electron chi connectivity index (χ2n) is 7.27. The molecule has 4 rings (SSSR count). The highest BCUT2D eigenvalue weighted by Gasteiger charge is 2.38. The summed E-state index contributed by atoms with van der Waals surface area (Å²) in [5.74, 6) is -0.235. The topological polar surface area (TPSA) is 96.6 Å². The maximum Gasteiger partial charge on any atom is 0.198 e. The highest BCUT2D eigenvalue weighted by atomic mass is 79.9. The molecule has 6 nitrogen and oxygen atoms in total. The fourth-order valence-corrected chi connectivity index (χ4v) is 4.70. The summed E-state index contributed by atoms with van der Waals surface area (Å²) < 4.78 is 11.6. The van der Waals surface area contributed by atoms with Gasteiger partial charge in [-0.2, -0.15) is 5.26 Å². The molecule has 0 aromatic heterocycles. The van der Waals surface area contributed by atoms with Crippen molar-refractivity contribution in [1.82, 2.24) is 0 Å². The maximum absolute atomic E-state index is 13.4. The lowest BCUT2D eigenvalue weighted by atomic mass is 9.81. The van der Waals surface area contributed by atoms with E-state index < -0.39 is 6.10 Å². The predicted molar refractivity (Wildman–Crippen MR) is 120 cm³/mol. The summed E-state index contributed by atoms with van der Waals surface area (Å²) in [5, 5.41) is 19.9. The van der Waals surface area contributed by atoms with Crippen molar-refractivity contribution < 1.29 is 24.2 Å². The number of carbonyl (C=O) groups is 2. The fourth-order valence-electron chi connectivity index (χ4n) is 4.00. The Morgan fingerprint density at radius 2 is 1.47 bits per heavy atom. The largest absolute Gasteiger partial charge is 0.496 e. The molecule has 0 bridgehead atoms. The number of carbonyl (C=O) groups excluding carboxylic acids is 2. The van der Waals surface area contributed by atoms with Crippen LogP contribution in [0, 0.1) is 11.3 Å². The third-order valence-electron chi connectivity index (χ3n) is 5.54. The number of benzene rings is 3. The van der Waals surface area contributed by atoms with E-state index in [1.807, 2.05) is 6.07 Å². The molecule has 1 aliphatic carbocycles. The van der Waals surface area contributed by atoms with E-state index in [0.717, 1.165) is 0 Å². The summed E-state index contributed by atoms with van der Waals surface area (Å²) in [6.45, 7) is 0. The summed E-state index contributed by atoms with van der Waals surface area (Å²) in [6, 6.07) is 15.3. The highest BCUT2D eigenvalue weighted by Crippen LogP contribution is 2.47. The number of aliphatic hydroxyl groups excluding tert-OH is 1. The van der Waals surface area contributed by atoms with Crippen molar-refractivity contribution in [1.29, 1.82) is 5.26 Å². The summed E-state index contributed by atoms with van der Waals surface area (Å²) in [6.07, 6.45) is -0.861. The standard InChI is InChI=1S/C25H18BrNO5/c1-31-24-17(11-18(28)14-9-7-13(12-27)8-10-14)21(26)25(32-2)20-19(24)22(29)15-5-3-4-6-16(15)23(20)30/h3-10,18,28H,11H2,1-2H3. The zero-order chi connectivity index (χ0) is 23.0. The normalized spacial score (nSPS) is 13.1. The molecule has 0 radical (unpaired) electrons. The first-order valence-electron chi connectivity index (χ1n) is 9.75. The average Bonchev–Trinajstić information content (AvgIpc) is 2.83. The Kier molecular flexibility index (Phi) is 5.83. The van der Waals surface area contributed by atoms with E-state index in [-0.39, 0.29) is 40.6 Å². The van der Waals surface area contributed by atoms with Crippen LogP contribution in [0.3, 0.4) is 0 Å².